The fourth-order valence-electron chi connectivity index (χ4n) is 0.921. The molecule has 0 aliphatic heterocycles. The van der Waals surface area contributed by atoms with Crippen LogP contribution in [0.2, 0.25) is 0 Å². The third-order valence-corrected chi connectivity index (χ3v) is 1.82. The minimum absolute atomic E-state index is 0. The molecule has 0 atom stereocenters. The summed E-state index contributed by atoms with van der Waals surface area (Å²) in [6.45, 7) is 2.12. The van der Waals surface area contributed by atoms with Crippen LogP contribution in [0.1, 0.15) is 18.1 Å². The van der Waals surface area contributed by atoms with Gasteiger partial charge in [0.2, 0.25) is 0 Å². The van der Waals surface area contributed by atoms with Crippen LogP contribution in [0.5, 0.6) is 0 Å². The quantitative estimate of drug-likeness (QED) is 0.656. The first-order valence-corrected chi connectivity index (χ1v) is 3.89. The molecule has 0 saturated carbocycles. The lowest BCUT2D eigenvalue weighted by Gasteiger charge is -2.00. The number of hydrogen-bond donors (Lipinski definition) is 0. The second kappa shape index (κ2) is 5.39. The van der Waals surface area contributed by atoms with Crippen LogP contribution < -0.4 is 0 Å². The lowest BCUT2D eigenvalue weighted by atomic mass is 10.1. The Balaban J connectivity index is 0.000001000. The van der Waals surface area contributed by atoms with Gasteiger partial charge in [-0.05, 0) is 23.6 Å². The van der Waals surface area contributed by atoms with Crippen molar-refractivity contribution in [2.75, 3.05) is 0 Å². The van der Waals surface area contributed by atoms with E-state index in [-0.39, 0.29) is 12.4 Å². The van der Waals surface area contributed by atoms with Crippen molar-refractivity contribution in [3.05, 3.63) is 29.6 Å². The van der Waals surface area contributed by atoms with Gasteiger partial charge in [0.25, 0.3) is 0 Å². The van der Waals surface area contributed by atoms with E-state index in [1.807, 2.05) is 12.3 Å². The third kappa shape index (κ3) is 2.68. The molecule has 11 heavy (non-hydrogen) atoms. The molecule has 0 fully saturated rings. The molecule has 1 heterocycles. The molecule has 62 valence electrons. The minimum atomic E-state index is 0. The predicted octanol–water partition coefficient (Wildman–Crippen LogP) is 2.80. The standard InChI is InChI=1S/C8H10ClN.ClH/c1-2-7-3-4-10-6-8(7)5-9;/h3-4,6H,2,5H2,1H3;1H. The Hall–Kier alpha value is -0.270. The highest BCUT2D eigenvalue weighted by atomic mass is 35.5. The smallest absolute Gasteiger partial charge is 0.0492 e. The van der Waals surface area contributed by atoms with E-state index >= 15 is 0 Å². The first kappa shape index (κ1) is 10.7. The summed E-state index contributed by atoms with van der Waals surface area (Å²) < 4.78 is 0. The van der Waals surface area contributed by atoms with Gasteiger partial charge in [0, 0.05) is 18.3 Å². The van der Waals surface area contributed by atoms with E-state index in [1.165, 1.54) is 5.56 Å². The van der Waals surface area contributed by atoms with Crippen molar-refractivity contribution in [1.29, 1.82) is 0 Å². The maximum atomic E-state index is 5.67. The molecule has 0 amide bonds. The minimum Gasteiger partial charge on any atom is -0.264 e. The van der Waals surface area contributed by atoms with Crippen LogP contribution in [0.4, 0.5) is 0 Å². The highest BCUT2D eigenvalue weighted by Gasteiger charge is 1.96. The van der Waals surface area contributed by atoms with E-state index < -0.39 is 0 Å². The van der Waals surface area contributed by atoms with Gasteiger partial charge in [-0.3, -0.25) is 4.98 Å². The highest BCUT2D eigenvalue weighted by molar-refractivity contribution is 6.17. The summed E-state index contributed by atoms with van der Waals surface area (Å²) >= 11 is 5.67. The largest absolute Gasteiger partial charge is 0.264 e. The molecule has 3 heteroatoms. The number of hydrogen-bond acceptors (Lipinski definition) is 1. The van der Waals surface area contributed by atoms with E-state index in [0.29, 0.717) is 5.88 Å². The Bertz CT molecular complexity index is 190. The molecule has 0 unspecified atom stereocenters. The lowest BCUT2D eigenvalue weighted by Crippen LogP contribution is -1.89. The van der Waals surface area contributed by atoms with Gasteiger partial charge < -0.3 is 0 Å². The normalized spacial score (nSPS) is 8.91. The van der Waals surface area contributed by atoms with Gasteiger partial charge in [0.1, 0.15) is 0 Å². The fraction of sp³-hybridized carbons (Fsp3) is 0.375. The second-order valence-electron chi connectivity index (χ2n) is 2.13. The van der Waals surface area contributed by atoms with Gasteiger partial charge in [-0.15, -0.1) is 24.0 Å². The zero-order valence-electron chi connectivity index (χ0n) is 6.38. The van der Waals surface area contributed by atoms with Gasteiger partial charge in [0.15, 0.2) is 0 Å². The van der Waals surface area contributed by atoms with E-state index in [9.17, 15) is 0 Å². The van der Waals surface area contributed by atoms with Gasteiger partial charge in [-0.1, -0.05) is 6.92 Å². The van der Waals surface area contributed by atoms with E-state index in [1.54, 1.807) is 6.20 Å². The molecule has 0 spiro atoms. The van der Waals surface area contributed by atoms with Crippen LogP contribution in [-0.4, -0.2) is 4.98 Å². The molecule has 0 radical (unpaired) electrons. The van der Waals surface area contributed by atoms with Gasteiger partial charge in [-0.25, -0.2) is 0 Å². The summed E-state index contributed by atoms with van der Waals surface area (Å²) in [4.78, 5) is 3.98. The van der Waals surface area contributed by atoms with Crippen molar-refractivity contribution in [2.24, 2.45) is 0 Å². The maximum Gasteiger partial charge on any atom is 0.0492 e. The van der Waals surface area contributed by atoms with Gasteiger partial charge in [-0.2, -0.15) is 0 Å². The number of halogens is 2. The summed E-state index contributed by atoms with van der Waals surface area (Å²) in [5.41, 5.74) is 2.44. The number of nitrogens with zero attached hydrogens (tertiary/aromatic N) is 1. The summed E-state index contributed by atoms with van der Waals surface area (Å²) in [6.07, 6.45) is 4.66. The molecule has 0 aromatic carbocycles. The molecule has 0 aliphatic rings. The Morgan fingerprint density at radius 2 is 2.18 bits per heavy atom. The van der Waals surface area contributed by atoms with Crippen molar-refractivity contribution < 1.29 is 0 Å². The monoisotopic (exact) mass is 191 g/mol. The average molecular weight is 192 g/mol. The molecular formula is C8H11Cl2N. The molecular weight excluding hydrogens is 181 g/mol. The Morgan fingerprint density at radius 1 is 1.45 bits per heavy atom. The van der Waals surface area contributed by atoms with Crippen LogP contribution in [0.3, 0.4) is 0 Å². The van der Waals surface area contributed by atoms with Crippen LogP contribution in [0.25, 0.3) is 0 Å². The number of pyridine rings is 1. The Morgan fingerprint density at radius 3 is 2.64 bits per heavy atom. The van der Waals surface area contributed by atoms with Crippen molar-refractivity contribution >= 4 is 24.0 Å². The van der Waals surface area contributed by atoms with Crippen LogP contribution >= 0.6 is 24.0 Å². The summed E-state index contributed by atoms with van der Waals surface area (Å²) in [5.74, 6) is 0.566. The van der Waals surface area contributed by atoms with Gasteiger partial charge in [0.05, 0.1) is 0 Å². The molecule has 1 nitrogen and oxygen atoms in total. The van der Waals surface area contributed by atoms with E-state index in [4.69, 9.17) is 11.6 Å². The lowest BCUT2D eigenvalue weighted by molar-refractivity contribution is 1.07. The third-order valence-electron chi connectivity index (χ3n) is 1.53. The predicted molar refractivity (Wildman–Crippen MR) is 50.4 cm³/mol. The SMILES string of the molecule is CCc1ccncc1CCl.Cl. The molecule has 1 rings (SSSR count). The van der Waals surface area contributed by atoms with E-state index in [0.717, 1.165) is 12.0 Å². The average Bonchev–Trinajstić information content (AvgIpc) is 2.04. The Labute approximate surface area is 78.2 Å². The molecule has 0 N–H and O–H groups in total. The first-order chi connectivity index (χ1) is 4.88. The van der Waals surface area contributed by atoms with E-state index in [2.05, 4.69) is 11.9 Å². The van der Waals surface area contributed by atoms with Crippen molar-refractivity contribution in [1.82, 2.24) is 4.98 Å². The summed E-state index contributed by atoms with van der Waals surface area (Å²) in [6, 6.07) is 2.01. The topological polar surface area (TPSA) is 12.9 Å². The zero-order chi connectivity index (χ0) is 7.40. The first-order valence-electron chi connectivity index (χ1n) is 3.36. The van der Waals surface area contributed by atoms with Crippen LogP contribution in [0.15, 0.2) is 18.5 Å². The highest BCUT2D eigenvalue weighted by Crippen LogP contribution is 2.09. The fourth-order valence-corrected chi connectivity index (χ4v) is 1.16. The zero-order valence-corrected chi connectivity index (χ0v) is 7.95. The summed E-state index contributed by atoms with van der Waals surface area (Å²) in [5, 5.41) is 0. The van der Waals surface area contributed by atoms with Crippen molar-refractivity contribution in [2.45, 2.75) is 19.2 Å². The number of aromatic nitrogens is 1. The number of rotatable bonds is 2. The molecule has 1 aromatic rings. The van der Waals surface area contributed by atoms with Crippen LogP contribution in [-0.2, 0) is 12.3 Å². The van der Waals surface area contributed by atoms with Crippen LogP contribution in [0, 0.1) is 0 Å². The molecule has 0 saturated heterocycles. The van der Waals surface area contributed by atoms with Crippen molar-refractivity contribution in [3.63, 3.8) is 0 Å². The Kier molecular flexibility index (Phi) is 5.26. The van der Waals surface area contributed by atoms with Gasteiger partial charge >= 0.3 is 0 Å². The summed E-state index contributed by atoms with van der Waals surface area (Å²) in [7, 11) is 0. The molecule has 0 aliphatic carbocycles. The van der Waals surface area contributed by atoms with Crippen molar-refractivity contribution in [3.8, 4) is 0 Å². The second-order valence-corrected chi connectivity index (χ2v) is 2.40. The molecule has 0 bridgehead atoms. The molecule has 1 aromatic heterocycles. The number of alkyl halides is 1. The maximum absolute atomic E-state index is 5.67. The number of aryl methyl sites for hydroxylation is 1.